The van der Waals surface area contributed by atoms with Gasteiger partial charge in [0.15, 0.2) is 0 Å². The molecule has 0 N–H and O–H groups in total. The van der Waals surface area contributed by atoms with Gasteiger partial charge in [-0.05, 0) is 34.8 Å². The molecule has 0 bridgehead atoms. The summed E-state index contributed by atoms with van der Waals surface area (Å²) >= 11 is 0. The fraction of sp³-hybridized carbons (Fsp3) is 0.0526. The van der Waals surface area contributed by atoms with E-state index in [0.717, 1.165) is 22.3 Å². The summed E-state index contributed by atoms with van der Waals surface area (Å²) in [7, 11) is 0. The Hall–Kier alpha value is -2.34. The molecule has 0 saturated carbocycles. The highest BCUT2D eigenvalue weighted by Crippen LogP contribution is 2.22. The van der Waals surface area contributed by atoms with Gasteiger partial charge in [0.1, 0.15) is 0 Å². The summed E-state index contributed by atoms with van der Waals surface area (Å²) in [6.45, 7) is 9.97. The lowest BCUT2D eigenvalue weighted by atomic mass is 9.97. The fourth-order valence-electron chi connectivity index (χ4n) is 1.97. The summed E-state index contributed by atoms with van der Waals surface area (Å²) in [4.78, 5) is 0. The average Bonchev–Trinajstić information content (AvgIpc) is 2.48. The van der Waals surface area contributed by atoms with Gasteiger partial charge in [-0.3, -0.25) is 0 Å². The highest BCUT2D eigenvalue weighted by molar-refractivity contribution is 5.78. The molecule has 2 rings (SSSR count). The third-order valence-corrected chi connectivity index (χ3v) is 3.11. The first-order valence-corrected chi connectivity index (χ1v) is 6.39. The first-order chi connectivity index (χ1) is 9.24. The van der Waals surface area contributed by atoms with Gasteiger partial charge in [0, 0.05) is 0 Å². The van der Waals surface area contributed by atoms with Gasteiger partial charge < -0.3 is 0 Å². The van der Waals surface area contributed by atoms with Crippen LogP contribution in [0.15, 0.2) is 67.8 Å². The molecule has 0 aromatic heterocycles. The predicted octanol–water partition coefficient (Wildman–Crippen LogP) is 5.42. The Morgan fingerprint density at radius 3 is 1.74 bits per heavy atom. The van der Waals surface area contributed by atoms with Gasteiger partial charge in [-0.15, -0.1) is 0 Å². The SMILES string of the molecule is C=Cc1ccc(C(=C)c2ccc(C=CC)cc2)cc1. The monoisotopic (exact) mass is 246 g/mol. The van der Waals surface area contributed by atoms with Crippen LogP contribution in [0.2, 0.25) is 0 Å². The molecule has 0 saturated heterocycles. The van der Waals surface area contributed by atoms with Crippen molar-refractivity contribution in [2.24, 2.45) is 0 Å². The summed E-state index contributed by atoms with van der Waals surface area (Å²) in [5, 5.41) is 0. The van der Waals surface area contributed by atoms with E-state index in [-0.39, 0.29) is 0 Å². The van der Waals surface area contributed by atoms with Crippen LogP contribution < -0.4 is 0 Å². The third-order valence-electron chi connectivity index (χ3n) is 3.11. The van der Waals surface area contributed by atoms with Crippen LogP contribution in [0.25, 0.3) is 17.7 Å². The van der Waals surface area contributed by atoms with Crippen LogP contribution in [0.4, 0.5) is 0 Å². The standard InChI is InChI=1S/C19H18/c1-4-6-17-9-13-19(14-10-17)15(3)18-11-7-16(5-2)8-12-18/h4-14H,2-3H2,1H3. The molecule has 0 unspecified atom stereocenters. The quantitative estimate of drug-likeness (QED) is 0.675. The van der Waals surface area contributed by atoms with E-state index in [9.17, 15) is 0 Å². The Balaban J connectivity index is 2.24. The van der Waals surface area contributed by atoms with Crippen LogP contribution in [0.1, 0.15) is 29.2 Å². The van der Waals surface area contributed by atoms with Crippen LogP contribution in [0, 0.1) is 0 Å². The molecule has 19 heavy (non-hydrogen) atoms. The molecule has 0 atom stereocenters. The Morgan fingerprint density at radius 2 is 1.32 bits per heavy atom. The number of hydrogen-bond donors (Lipinski definition) is 0. The first kappa shape index (κ1) is 13.1. The van der Waals surface area contributed by atoms with Crippen LogP contribution in [0.3, 0.4) is 0 Å². The summed E-state index contributed by atoms with van der Waals surface area (Å²) in [5.41, 5.74) is 5.67. The lowest BCUT2D eigenvalue weighted by molar-refractivity contribution is 1.53. The van der Waals surface area contributed by atoms with Gasteiger partial charge in [0.2, 0.25) is 0 Å². The molecule has 94 valence electrons. The van der Waals surface area contributed by atoms with Crippen LogP contribution in [-0.2, 0) is 0 Å². The number of allylic oxidation sites excluding steroid dienone is 1. The Kier molecular flexibility index (Phi) is 4.15. The van der Waals surface area contributed by atoms with Crippen molar-refractivity contribution < 1.29 is 0 Å². The molecule has 0 radical (unpaired) electrons. The molecular formula is C19H18. The van der Waals surface area contributed by atoms with E-state index in [4.69, 9.17) is 0 Å². The van der Waals surface area contributed by atoms with Crippen LogP contribution in [-0.4, -0.2) is 0 Å². The van der Waals surface area contributed by atoms with Gasteiger partial charge in [-0.1, -0.05) is 79.9 Å². The Labute approximate surface area is 115 Å². The van der Waals surface area contributed by atoms with E-state index in [0.29, 0.717) is 0 Å². The summed E-state index contributed by atoms with van der Waals surface area (Å²) in [6.07, 6.45) is 5.97. The van der Waals surface area contributed by atoms with Crippen molar-refractivity contribution in [3.8, 4) is 0 Å². The van der Waals surface area contributed by atoms with Crippen LogP contribution in [0.5, 0.6) is 0 Å². The van der Waals surface area contributed by atoms with Gasteiger partial charge in [0.05, 0.1) is 0 Å². The maximum absolute atomic E-state index is 4.18. The second-order valence-electron chi connectivity index (χ2n) is 4.43. The van der Waals surface area contributed by atoms with E-state index in [2.05, 4.69) is 67.8 Å². The molecule has 0 fully saturated rings. The molecule has 0 aliphatic carbocycles. The maximum Gasteiger partial charge on any atom is -0.0183 e. The van der Waals surface area contributed by atoms with E-state index < -0.39 is 0 Å². The van der Waals surface area contributed by atoms with Gasteiger partial charge >= 0.3 is 0 Å². The molecule has 0 nitrogen and oxygen atoms in total. The van der Waals surface area contributed by atoms with Crippen molar-refractivity contribution in [3.05, 3.63) is 90.0 Å². The van der Waals surface area contributed by atoms with E-state index in [1.54, 1.807) is 0 Å². The Morgan fingerprint density at radius 1 is 0.842 bits per heavy atom. The molecule has 0 heteroatoms. The molecule has 0 aliphatic rings. The zero-order chi connectivity index (χ0) is 13.7. The lowest BCUT2D eigenvalue weighted by Gasteiger charge is -2.07. The van der Waals surface area contributed by atoms with Gasteiger partial charge in [-0.2, -0.15) is 0 Å². The smallest absolute Gasteiger partial charge is 0.0183 e. The zero-order valence-corrected chi connectivity index (χ0v) is 11.3. The highest BCUT2D eigenvalue weighted by Gasteiger charge is 2.01. The number of hydrogen-bond acceptors (Lipinski definition) is 0. The first-order valence-electron chi connectivity index (χ1n) is 6.39. The van der Waals surface area contributed by atoms with Crippen LogP contribution >= 0.6 is 0 Å². The maximum atomic E-state index is 4.18. The summed E-state index contributed by atoms with van der Waals surface area (Å²) in [6, 6.07) is 16.7. The zero-order valence-electron chi connectivity index (χ0n) is 11.3. The molecule has 2 aromatic carbocycles. The number of benzene rings is 2. The molecule has 0 heterocycles. The average molecular weight is 246 g/mol. The van der Waals surface area contributed by atoms with Gasteiger partial charge in [0.25, 0.3) is 0 Å². The third kappa shape index (κ3) is 3.11. The second-order valence-corrected chi connectivity index (χ2v) is 4.43. The molecule has 0 amide bonds. The van der Waals surface area contributed by atoms with E-state index >= 15 is 0 Å². The highest BCUT2D eigenvalue weighted by atomic mass is 14.1. The minimum atomic E-state index is 1.04. The van der Waals surface area contributed by atoms with Crippen molar-refractivity contribution >= 4 is 17.7 Å². The normalized spacial score (nSPS) is 10.6. The second kappa shape index (κ2) is 6.01. The summed E-state index contributed by atoms with van der Waals surface area (Å²) in [5.74, 6) is 0. The molecule has 0 spiro atoms. The molecule has 2 aromatic rings. The minimum absolute atomic E-state index is 1.04. The van der Waals surface area contributed by atoms with E-state index in [1.165, 1.54) is 5.56 Å². The topological polar surface area (TPSA) is 0 Å². The van der Waals surface area contributed by atoms with Crippen molar-refractivity contribution in [1.82, 2.24) is 0 Å². The predicted molar refractivity (Wildman–Crippen MR) is 85.8 cm³/mol. The van der Waals surface area contributed by atoms with Crippen molar-refractivity contribution in [3.63, 3.8) is 0 Å². The fourth-order valence-corrected chi connectivity index (χ4v) is 1.97. The van der Waals surface area contributed by atoms with Crippen molar-refractivity contribution in [1.29, 1.82) is 0 Å². The lowest BCUT2D eigenvalue weighted by Crippen LogP contribution is -1.86. The van der Waals surface area contributed by atoms with E-state index in [1.807, 2.05) is 19.1 Å². The van der Waals surface area contributed by atoms with Gasteiger partial charge in [-0.25, -0.2) is 0 Å². The largest absolute Gasteiger partial charge is 0.0985 e. The van der Waals surface area contributed by atoms with Crippen molar-refractivity contribution in [2.45, 2.75) is 6.92 Å². The summed E-state index contributed by atoms with van der Waals surface area (Å²) < 4.78 is 0. The van der Waals surface area contributed by atoms with Crippen molar-refractivity contribution in [2.75, 3.05) is 0 Å². The molecule has 0 aliphatic heterocycles. The number of rotatable bonds is 4. The minimum Gasteiger partial charge on any atom is -0.0985 e. The molecular weight excluding hydrogens is 228 g/mol. The Bertz CT molecular complexity index is 595.